The Morgan fingerprint density at radius 3 is 1.17 bits per heavy atom. The summed E-state index contributed by atoms with van der Waals surface area (Å²) >= 11 is 0. The van der Waals surface area contributed by atoms with Crippen molar-refractivity contribution in [2.45, 2.75) is 72.6 Å². The summed E-state index contributed by atoms with van der Waals surface area (Å²) in [4.78, 5) is 9.62. The molecule has 0 fully saturated rings. The van der Waals surface area contributed by atoms with Crippen LogP contribution >= 0.6 is 0 Å². The molecule has 14 rings (SSSR count). The van der Waals surface area contributed by atoms with Crippen molar-refractivity contribution in [3.63, 3.8) is 0 Å². The second-order valence-corrected chi connectivity index (χ2v) is 24.9. The minimum atomic E-state index is -0.422. The lowest BCUT2D eigenvalue weighted by atomic mass is 9.68. The monoisotopic (exact) mass is 1210 g/mol. The van der Waals surface area contributed by atoms with Gasteiger partial charge < -0.3 is 19.6 Å². The molecule has 0 spiro atoms. The summed E-state index contributed by atoms with van der Waals surface area (Å²) < 4.78 is 0. The highest BCUT2D eigenvalue weighted by molar-refractivity contribution is 5.94. The van der Waals surface area contributed by atoms with Crippen LogP contribution in [0, 0.1) is 13.8 Å². The number of para-hydroxylation sites is 4. The maximum Gasteiger partial charge on any atom is 0.0507 e. The highest BCUT2D eigenvalue weighted by Crippen LogP contribution is 2.59. The molecule has 0 aliphatic carbocycles. The third-order valence-corrected chi connectivity index (χ3v) is 18.2. The summed E-state index contributed by atoms with van der Waals surface area (Å²) in [7, 11) is 0. The molecule has 0 radical (unpaired) electrons. The first-order valence-electron chi connectivity index (χ1n) is 32.6. The van der Waals surface area contributed by atoms with E-state index in [1.54, 1.807) is 6.08 Å². The zero-order valence-electron chi connectivity index (χ0n) is 54.9. The molecule has 4 heteroatoms. The summed E-state index contributed by atoms with van der Waals surface area (Å²) in [5, 5.41) is 0. The summed E-state index contributed by atoms with van der Waals surface area (Å²) in [5.74, 6) is 0. The SMILES string of the molecule is C=C/C=C(\C=C)N(c1ccccc1)c1ccc(-c2ccc(N(c3ccccc3)c3ccc4c(c3)C(C)(C)c3cc5c(cc3N4c3ccccc3)C(C)(C)c3cc(Cc4ccc(-c6ccc(C)cc6)cc4)ccc3N5c3ccccc3)cc2)cc1.CC.Cc1ccccc1. The zero-order valence-corrected chi connectivity index (χ0v) is 54.9. The van der Waals surface area contributed by atoms with Crippen LogP contribution in [0.2, 0.25) is 0 Å². The van der Waals surface area contributed by atoms with Gasteiger partial charge in [-0.25, -0.2) is 0 Å². The number of benzene rings is 12. The fourth-order valence-corrected chi connectivity index (χ4v) is 13.3. The Bertz CT molecular complexity index is 4550. The quantitative estimate of drug-likeness (QED) is 0.101. The van der Waals surface area contributed by atoms with Gasteiger partial charge in [-0.3, -0.25) is 0 Å². The topological polar surface area (TPSA) is 13.0 Å². The second kappa shape index (κ2) is 27.3. The van der Waals surface area contributed by atoms with Crippen molar-refractivity contribution >= 4 is 62.6 Å². The van der Waals surface area contributed by atoms with Crippen molar-refractivity contribution in [2.75, 3.05) is 19.6 Å². The Morgan fingerprint density at radius 1 is 0.355 bits per heavy atom. The minimum Gasteiger partial charge on any atom is -0.311 e. The number of allylic oxidation sites excluding steroid dienone is 3. The van der Waals surface area contributed by atoms with Crippen molar-refractivity contribution < 1.29 is 0 Å². The normalized spacial score (nSPS) is 13.1. The van der Waals surface area contributed by atoms with Crippen LogP contribution in [0.15, 0.2) is 334 Å². The van der Waals surface area contributed by atoms with Gasteiger partial charge in [0.1, 0.15) is 0 Å². The van der Waals surface area contributed by atoms with Crippen LogP contribution in [0.1, 0.15) is 86.1 Å². The highest BCUT2D eigenvalue weighted by Gasteiger charge is 2.43. The van der Waals surface area contributed by atoms with E-state index in [4.69, 9.17) is 0 Å². The van der Waals surface area contributed by atoms with Gasteiger partial charge in [-0.05, 0) is 197 Å². The van der Waals surface area contributed by atoms with E-state index in [1.807, 2.05) is 50.3 Å². The summed E-state index contributed by atoms with van der Waals surface area (Å²) in [6.45, 7) is 26.0. The number of rotatable bonds is 14. The number of anilines is 11. The van der Waals surface area contributed by atoms with Crippen molar-refractivity contribution in [3.05, 3.63) is 379 Å². The van der Waals surface area contributed by atoms with Crippen molar-refractivity contribution in [1.82, 2.24) is 0 Å². The van der Waals surface area contributed by atoms with Crippen LogP contribution in [0.25, 0.3) is 22.3 Å². The molecule has 458 valence electrons. The van der Waals surface area contributed by atoms with Crippen LogP contribution in [0.5, 0.6) is 0 Å². The molecule has 0 saturated heterocycles. The molecule has 93 heavy (non-hydrogen) atoms. The number of hydrogen-bond acceptors (Lipinski definition) is 4. The number of fused-ring (bicyclic) bond motifs is 4. The van der Waals surface area contributed by atoms with Crippen molar-refractivity contribution in [2.24, 2.45) is 0 Å². The average Bonchev–Trinajstić information content (AvgIpc) is 0.702. The maximum absolute atomic E-state index is 4.13. The number of hydrogen-bond donors (Lipinski definition) is 0. The smallest absolute Gasteiger partial charge is 0.0507 e. The molecular formula is C89H82N4. The summed E-state index contributed by atoms with van der Waals surface area (Å²) in [6.07, 6.45) is 6.51. The molecule has 0 amide bonds. The molecular weight excluding hydrogens is 1130 g/mol. The van der Waals surface area contributed by atoms with Crippen LogP contribution in [0.4, 0.5) is 62.6 Å². The lowest BCUT2D eigenvalue weighted by Crippen LogP contribution is -2.35. The number of nitrogens with zero attached hydrogens (tertiary/aromatic N) is 4. The lowest BCUT2D eigenvalue weighted by molar-refractivity contribution is 0.615. The van der Waals surface area contributed by atoms with E-state index in [-0.39, 0.29) is 5.41 Å². The van der Waals surface area contributed by atoms with Gasteiger partial charge >= 0.3 is 0 Å². The minimum absolute atomic E-state index is 0.343. The standard InChI is InChI=1S/C80H68N4.C7H8.C2H6/c1-8-22-63(9-2)81(64-23-14-10-15-24-64)68-44-40-61(41-45-68)62-42-46-69(47-43-62)82(65-25-16-11-17-26-65)70-48-50-76-72(53-70)80(6,7)74-55-77-73(54-78(74)84(76)67-29-20-13-21-30-67)79(4,5)71-52-58(35-49-75(71)83(77)66-27-18-12-19-28-66)51-57-33-38-60(39-34-57)59-36-31-56(3)32-37-59;1-7-5-3-2-4-6-7;1-2/h8-50,52-55H,1-2,51H2,3-7H3;2-6H,1H3;1-2H3/b63-22+;;. The molecule has 12 aromatic rings. The molecule has 0 saturated carbocycles. The first-order valence-corrected chi connectivity index (χ1v) is 32.6. The van der Waals surface area contributed by atoms with E-state index in [0.29, 0.717) is 0 Å². The molecule has 4 nitrogen and oxygen atoms in total. The van der Waals surface area contributed by atoms with Gasteiger partial charge in [0.15, 0.2) is 0 Å². The molecule has 0 bridgehead atoms. The van der Waals surface area contributed by atoms with Crippen molar-refractivity contribution in [1.29, 1.82) is 0 Å². The summed E-state index contributed by atoms with van der Waals surface area (Å²) in [6, 6.07) is 108. The fraction of sp³-hybridized carbons (Fsp3) is 0.124. The van der Waals surface area contributed by atoms with Crippen LogP contribution in [-0.2, 0) is 17.3 Å². The lowest BCUT2D eigenvalue weighted by Gasteiger charge is -2.47. The molecule has 0 unspecified atom stereocenters. The van der Waals surface area contributed by atoms with Crippen LogP contribution in [0.3, 0.4) is 0 Å². The van der Waals surface area contributed by atoms with Gasteiger partial charge in [0.05, 0.1) is 22.7 Å². The Hall–Kier alpha value is -10.9. The van der Waals surface area contributed by atoms with Gasteiger partial charge in [0.2, 0.25) is 0 Å². The fourth-order valence-electron chi connectivity index (χ4n) is 13.3. The van der Waals surface area contributed by atoms with Gasteiger partial charge in [0.25, 0.3) is 0 Å². The van der Waals surface area contributed by atoms with Crippen LogP contribution < -0.4 is 19.6 Å². The molecule has 2 heterocycles. The molecule has 12 aromatic carbocycles. The molecule has 0 N–H and O–H groups in total. The van der Waals surface area contributed by atoms with E-state index in [0.717, 1.165) is 63.1 Å². The third-order valence-electron chi connectivity index (χ3n) is 18.2. The Labute approximate surface area is 552 Å². The summed E-state index contributed by atoms with van der Waals surface area (Å²) in [5.41, 5.74) is 27.6. The molecule has 2 aliphatic rings. The van der Waals surface area contributed by atoms with E-state index >= 15 is 0 Å². The van der Waals surface area contributed by atoms with Gasteiger partial charge in [-0.2, -0.15) is 0 Å². The number of aryl methyl sites for hydroxylation is 2. The third kappa shape index (κ3) is 12.7. The average molecular weight is 1210 g/mol. The van der Waals surface area contributed by atoms with Crippen LogP contribution in [-0.4, -0.2) is 0 Å². The largest absolute Gasteiger partial charge is 0.311 e. The van der Waals surface area contributed by atoms with E-state index in [1.165, 1.54) is 78.4 Å². The maximum atomic E-state index is 4.13. The van der Waals surface area contributed by atoms with E-state index in [9.17, 15) is 0 Å². The predicted octanol–water partition coefficient (Wildman–Crippen LogP) is 25.0. The van der Waals surface area contributed by atoms with E-state index < -0.39 is 5.41 Å². The highest BCUT2D eigenvalue weighted by atomic mass is 15.2. The van der Waals surface area contributed by atoms with Gasteiger partial charge in [0, 0.05) is 56.3 Å². The molecule has 0 atom stereocenters. The first-order chi connectivity index (χ1) is 45.4. The second-order valence-electron chi connectivity index (χ2n) is 24.9. The first kappa shape index (κ1) is 62.3. The Balaban J connectivity index is 0.000000861. The zero-order chi connectivity index (χ0) is 64.6. The van der Waals surface area contributed by atoms with Gasteiger partial charge in [-0.1, -0.05) is 260 Å². The predicted molar refractivity (Wildman–Crippen MR) is 399 cm³/mol. The molecule has 0 aromatic heterocycles. The Morgan fingerprint density at radius 2 is 0.710 bits per heavy atom. The van der Waals surface area contributed by atoms with Gasteiger partial charge in [-0.15, -0.1) is 0 Å². The molecule has 2 aliphatic heterocycles. The van der Waals surface area contributed by atoms with E-state index in [2.05, 4.69) is 347 Å². The van der Waals surface area contributed by atoms with Crippen molar-refractivity contribution in [3.8, 4) is 22.3 Å². The Kier molecular flexibility index (Phi) is 18.2.